The van der Waals surface area contributed by atoms with Crippen LogP contribution in [0.2, 0.25) is 0 Å². The van der Waals surface area contributed by atoms with E-state index in [0.717, 1.165) is 21.8 Å². The van der Waals surface area contributed by atoms with E-state index in [9.17, 15) is 27.5 Å². The molecule has 0 saturated carbocycles. The van der Waals surface area contributed by atoms with Crippen LogP contribution in [-0.4, -0.2) is 59.6 Å². The molecule has 4 rings (SSSR count). The second kappa shape index (κ2) is 10.5. The normalized spacial score (nSPS) is 20.6. The molecule has 1 aromatic carbocycles. The summed E-state index contributed by atoms with van der Waals surface area (Å²) in [6, 6.07) is 10.8. The molecule has 0 saturated heterocycles. The molecule has 4 N–H and O–H groups in total. The standard InChI is InChI=1S/C24H26F2N6O5S2/c1-23(2)24(3,31-22(32(4)39(23,35)36)30-18(33)14-8-6-5-7-9-14)20-29-17(13-38-20)28-19(34)16-11-10-15(12-27-16)37-21(25)26/h5-13,21,35-36H,1-4H3,(H,28,34)(H,30,31,33). The third-order valence-electron chi connectivity index (χ3n) is 6.48. The molecule has 2 aromatic heterocycles. The number of aromatic nitrogens is 2. The van der Waals surface area contributed by atoms with Gasteiger partial charge in [-0.05, 0) is 45.0 Å². The van der Waals surface area contributed by atoms with Gasteiger partial charge in [0.2, 0.25) is 5.96 Å². The maximum Gasteiger partial charge on any atom is 0.387 e. The SMILES string of the molecule is CN1C(NC(=O)c2ccccc2)=NC(C)(c2nc(NC(=O)c3ccc(OC(F)F)cn3)cs2)C(C)(C)S1(O)O. The van der Waals surface area contributed by atoms with Crippen LogP contribution in [0.1, 0.15) is 46.6 Å². The number of hydrogen-bond donors (Lipinski definition) is 4. The lowest BCUT2D eigenvalue weighted by atomic mass is 9.88. The number of benzene rings is 1. The van der Waals surface area contributed by atoms with Crippen molar-refractivity contribution in [2.24, 2.45) is 4.99 Å². The topological polar surface area (TPSA) is 149 Å². The number of amides is 2. The van der Waals surface area contributed by atoms with Crippen molar-refractivity contribution in [2.45, 2.75) is 37.7 Å². The van der Waals surface area contributed by atoms with E-state index in [1.165, 1.54) is 19.2 Å². The van der Waals surface area contributed by atoms with Crippen molar-refractivity contribution in [1.82, 2.24) is 19.6 Å². The van der Waals surface area contributed by atoms with Gasteiger partial charge in [-0.3, -0.25) is 24.0 Å². The van der Waals surface area contributed by atoms with Gasteiger partial charge >= 0.3 is 6.61 Å². The fourth-order valence-electron chi connectivity index (χ4n) is 3.74. The summed E-state index contributed by atoms with van der Waals surface area (Å²) in [5.74, 6) is -1.23. The summed E-state index contributed by atoms with van der Waals surface area (Å²) in [6.07, 6.45) is 1.00. The summed E-state index contributed by atoms with van der Waals surface area (Å²) in [5, 5.41) is 7.13. The molecule has 1 unspecified atom stereocenters. The molecule has 0 bridgehead atoms. The first-order valence-corrected chi connectivity index (χ1v) is 13.8. The number of nitrogens with one attached hydrogen (secondary N) is 2. The predicted molar refractivity (Wildman–Crippen MR) is 144 cm³/mol. The highest BCUT2D eigenvalue weighted by Crippen LogP contribution is 2.65. The molecule has 3 aromatic rings. The van der Waals surface area contributed by atoms with E-state index < -0.39 is 39.5 Å². The third kappa shape index (κ3) is 5.30. The zero-order valence-corrected chi connectivity index (χ0v) is 22.9. The largest absolute Gasteiger partial charge is 0.433 e. The molecule has 0 aliphatic carbocycles. The van der Waals surface area contributed by atoms with Crippen LogP contribution < -0.4 is 15.4 Å². The van der Waals surface area contributed by atoms with Crippen LogP contribution in [0.15, 0.2) is 59.0 Å². The van der Waals surface area contributed by atoms with Crippen LogP contribution in [0.5, 0.6) is 5.75 Å². The Morgan fingerprint density at radius 2 is 1.77 bits per heavy atom. The van der Waals surface area contributed by atoms with Crippen molar-refractivity contribution in [1.29, 1.82) is 0 Å². The highest BCUT2D eigenvalue weighted by atomic mass is 32.3. The Kier molecular flexibility index (Phi) is 7.62. The average Bonchev–Trinajstić information content (AvgIpc) is 3.36. The Labute approximate surface area is 228 Å². The highest BCUT2D eigenvalue weighted by Gasteiger charge is 2.58. The minimum Gasteiger partial charge on any atom is -0.433 e. The summed E-state index contributed by atoms with van der Waals surface area (Å²) in [6.45, 7) is 1.91. The number of halogens is 2. The fourth-order valence-corrected chi connectivity index (χ4v) is 6.51. The van der Waals surface area contributed by atoms with Crippen molar-refractivity contribution in [2.75, 3.05) is 12.4 Å². The zero-order valence-electron chi connectivity index (χ0n) is 21.3. The molecule has 15 heteroatoms. The Bertz CT molecular complexity index is 1400. The summed E-state index contributed by atoms with van der Waals surface area (Å²) < 4.78 is 51.3. The first-order chi connectivity index (χ1) is 18.3. The van der Waals surface area contributed by atoms with Crippen molar-refractivity contribution in [3.05, 3.63) is 70.3 Å². The van der Waals surface area contributed by atoms with E-state index in [4.69, 9.17) is 4.99 Å². The van der Waals surface area contributed by atoms with Gasteiger partial charge in [0.05, 0.1) is 6.20 Å². The Morgan fingerprint density at radius 1 is 1.08 bits per heavy atom. The molecule has 0 radical (unpaired) electrons. The number of guanidine groups is 1. The Morgan fingerprint density at radius 3 is 2.38 bits per heavy atom. The second-order valence-electron chi connectivity index (χ2n) is 9.10. The van der Waals surface area contributed by atoms with E-state index >= 15 is 0 Å². The molecule has 1 atom stereocenters. The monoisotopic (exact) mass is 580 g/mol. The first-order valence-electron chi connectivity index (χ1n) is 11.4. The van der Waals surface area contributed by atoms with Crippen LogP contribution in [0.3, 0.4) is 0 Å². The van der Waals surface area contributed by atoms with Crippen LogP contribution in [0.25, 0.3) is 0 Å². The van der Waals surface area contributed by atoms with E-state index in [-0.39, 0.29) is 23.2 Å². The van der Waals surface area contributed by atoms with Gasteiger partial charge in [-0.2, -0.15) is 8.78 Å². The van der Waals surface area contributed by atoms with E-state index in [0.29, 0.717) is 10.6 Å². The summed E-state index contributed by atoms with van der Waals surface area (Å²) in [4.78, 5) is 38.5. The van der Waals surface area contributed by atoms with Crippen LogP contribution >= 0.6 is 22.1 Å². The number of carbonyl (C=O) groups excluding carboxylic acids is 2. The van der Waals surface area contributed by atoms with Crippen molar-refractivity contribution >= 4 is 45.7 Å². The number of alkyl halides is 2. The molecule has 11 nitrogen and oxygen atoms in total. The minimum absolute atomic E-state index is 0.0539. The molecule has 1 aliphatic rings. The van der Waals surface area contributed by atoms with E-state index in [1.54, 1.807) is 56.5 Å². The maximum atomic E-state index is 12.8. The van der Waals surface area contributed by atoms with Crippen LogP contribution in [-0.2, 0) is 5.54 Å². The van der Waals surface area contributed by atoms with Crippen molar-refractivity contribution in [3.8, 4) is 5.75 Å². The Balaban J connectivity index is 1.61. The van der Waals surface area contributed by atoms with Crippen LogP contribution in [0, 0.1) is 0 Å². The zero-order chi connectivity index (χ0) is 28.6. The number of carbonyl (C=O) groups is 2. The smallest absolute Gasteiger partial charge is 0.387 e. The lowest BCUT2D eigenvalue weighted by Gasteiger charge is -2.60. The summed E-state index contributed by atoms with van der Waals surface area (Å²) >= 11 is 1.13. The van der Waals surface area contributed by atoms with Gasteiger partial charge in [0.25, 0.3) is 11.8 Å². The third-order valence-corrected chi connectivity index (χ3v) is 10.2. The number of aliphatic imine (C=N–C) groups is 1. The highest BCUT2D eigenvalue weighted by molar-refractivity contribution is 8.23. The fraction of sp³-hybridized carbons (Fsp3) is 0.292. The van der Waals surface area contributed by atoms with Gasteiger partial charge in [0.15, 0.2) is 0 Å². The molecule has 0 spiro atoms. The molecular weight excluding hydrogens is 554 g/mol. The van der Waals surface area contributed by atoms with Gasteiger partial charge in [0, 0.05) is 18.0 Å². The molecule has 208 valence electrons. The van der Waals surface area contributed by atoms with Gasteiger partial charge in [-0.15, -0.1) is 22.1 Å². The van der Waals surface area contributed by atoms with E-state index in [1.807, 2.05) is 0 Å². The van der Waals surface area contributed by atoms with Gasteiger partial charge in [0.1, 0.15) is 32.6 Å². The van der Waals surface area contributed by atoms with Gasteiger partial charge < -0.3 is 10.1 Å². The molecule has 3 heterocycles. The number of hydrogen-bond acceptors (Lipinski definition) is 10. The predicted octanol–water partition coefficient (Wildman–Crippen LogP) is 4.78. The quantitative estimate of drug-likeness (QED) is 0.325. The lowest BCUT2D eigenvalue weighted by molar-refractivity contribution is -0.0500. The molecule has 1 aliphatic heterocycles. The molecule has 39 heavy (non-hydrogen) atoms. The number of nitrogens with zero attached hydrogens (tertiary/aromatic N) is 4. The summed E-state index contributed by atoms with van der Waals surface area (Å²) in [7, 11) is -2.12. The van der Waals surface area contributed by atoms with Crippen LogP contribution in [0.4, 0.5) is 14.6 Å². The van der Waals surface area contributed by atoms with Crippen molar-refractivity contribution in [3.63, 3.8) is 0 Å². The number of rotatable bonds is 6. The van der Waals surface area contributed by atoms with Gasteiger partial charge in [-0.25, -0.2) is 19.3 Å². The first kappa shape index (κ1) is 28.4. The molecular formula is C24H26F2N6O5S2. The maximum absolute atomic E-state index is 12.8. The number of thiazole rings is 1. The average molecular weight is 581 g/mol. The van der Waals surface area contributed by atoms with Gasteiger partial charge in [-0.1, -0.05) is 18.2 Å². The van der Waals surface area contributed by atoms with Crippen molar-refractivity contribution < 1.29 is 32.2 Å². The minimum atomic E-state index is -3.55. The molecule has 0 fully saturated rings. The lowest BCUT2D eigenvalue weighted by Crippen LogP contribution is -2.60. The number of pyridine rings is 1. The Hall–Kier alpha value is -3.66. The number of anilines is 1. The second-order valence-corrected chi connectivity index (χ2v) is 12.6. The van der Waals surface area contributed by atoms with E-state index in [2.05, 4.69) is 25.3 Å². The molecule has 2 amide bonds. The summed E-state index contributed by atoms with van der Waals surface area (Å²) in [5.41, 5.74) is -1.04. The number of ether oxygens (including phenoxy) is 1.